The second-order valence-electron chi connectivity index (χ2n) is 6.49. The summed E-state index contributed by atoms with van der Waals surface area (Å²) in [5.41, 5.74) is 2.20. The van der Waals surface area contributed by atoms with E-state index < -0.39 is 17.6 Å². The Bertz CT molecular complexity index is 745. The molecule has 0 fully saturated rings. The molecule has 0 saturated heterocycles. The van der Waals surface area contributed by atoms with Crippen LogP contribution in [-0.2, 0) is 18.1 Å². The number of benzene rings is 1. The number of nitrogen functional groups attached to an aromatic ring is 1. The lowest BCUT2D eigenvalue weighted by Gasteiger charge is -2.14. The number of carbonyl (C=O) groups is 1. The van der Waals surface area contributed by atoms with E-state index in [4.69, 9.17) is 5.84 Å². The molecule has 0 aliphatic carbocycles. The van der Waals surface area contributed by atoms with Crippen molar-refractivity contribution < 1.29 is 18.0 Å². The van der Waals surface area contributed by atoms with E-state index in [2.05, 4.69) is 5.10 Å². The number of alkyl halides is 3. The third-order valence-electron chi connectivity index (χ3n) is 3.50. The van der Waals surface area contributed by atoms with Crippen molar-refractivity contribution in [3.8, 4) is 0 Å². The van der Waals surface area contributed by atoms with Gasteiger partial charge in [-0.2, -0.15) is 18.3 Å². The van der Waals surface area contributed by atoms with Gasteiger partial charge in [0.05, 0.1) is 17.8 Å². The van der Waals surface area contributed by atoms with E-state index in [0.717, 1.165) is 12.1 Å². The smallest absolute Gasteiger partial charge is 0.289 e. The number of amides is 1. The van der Waals surface area contributed by atoms with E-state index in [1.54, 1.807) is 12.1 Å². The molecule has 2 aromatic rings. The van der Waals surface area contributed by atoms with Gasteiger partial charge in [-0.3, -0.25) is 14.9 Å². The first-order valence-electron chi connectivity index (χ1n) is 7.28. The summed E-state index contributed by atoms with van der Waals surface area (Å²) in [6.45, 7) is 5.80. The fourth-order valence-corrected chi connectivity index (χ4v) is 2.18. The molecule has 5 nitrogen and oxygen atoms in total. The first-order chi connectivity index (χ1) is 11.0. The fraction of sp³-hybridized carbons (Fsp3) is 0.375. The minimum atomic E-state index is -4.42. The standard InChI is InChI=1S/C16H19F3N4O/c1-15(2,3)13-8-12(14(24)21-20)23(22-13)9-10-5-4-6-11(7-10)16(17,18)19/h4-8H,9,20H2,1-3H3,(H,21,24). The van der Waals surface area contributed by atoms with E-state index in [0.29, 0.717) is 11.3 Å². The molecule has 0 unspecified atom stereocenters. The van der Waals surface area contributed by atoms with Gasteiger partial charge in [0.15, 0.2) is 0 Å². The Morgan fingerprint density at radius 1 is 1.25 bits per heavy atom. The molecule has 0 aliphatic heterocycles. The van der Waals surface area contributed by atoms with E-state index >= 15 is 0 Å². The molecule has 0 aliphatic rings. The van der Waals surface area contributed by atoms with Gasteiger partial charge in [-0.1, -0.05) is 32.9 Å². The molecule has 24 heavy (non-hydrogen) atoms. The van der Waals surface area contributed by atoms with Crippen LogP contribution in [0.5, 0.6) is 0 Å². The molecule has 3 N–H and O–H groups in total. The number of rotatable bonds is 3. The number of hydrazine groups is 1. The van der Waals surface area contributed by atoms with Crippen LogP contribution >= 0.6 is 0 Å². The van der Waals surface area contributed by atoms with Crippen molar-refractivity contribution in [3.05, 3.63) is 52.8 Å². The first kappa shape index (κ1) is 18.0. The molecular formula is C16H19F3N4O. The third-order valence-corrected chi connectivity index (χ3v) is 3.50. The van der Waals surface area contributed by atoms with Gasteiger partial charge >= 0.3 is 6.18 Å². The van der Waals surface area contributed by atoms with Crippen LogP contribution in [0.2, 0.25) is 0 Å². The third kappa shape index (κ3) is 3.94. The van der Waals surface area contributed by atoms with Crippen LogP contribution in [0.25, 0.3) is 0 Å². The summed E-state index contributed by atoms with van der Waals surface area (Å²) in [5.74, 6) is 4.63. The van der Waals surface area contributed by atoms with Crippen LogP contribution in [0.1, 0.15) is 48.1 Å². The normalized spacial score (nSPS) is 12.3. The molecule has 2 rings (SSSR count). The minimum Gasteiger partial charge on any atom is -0.289 e. The zero-order chi connectivity index (χ0) is 18.1. The SMILES string of the molecule is CC(C)(C)c1cc(C(=O)NN)n(Cc2cccc(C(F)(F)F)c2)n1. The minimum absolute atomic E-state index is 0.0305. The van der Waals surface area contributed by atoms with Crippen LogP contribution in [0, 0.1) is 0 Å². The lowest BCUT2D eigenvalue weighted by molar-refractivity contribution is -0.137. The Hall–Kier alpha value is -2.35. The van der Waals surface area contributed by atoms with Crippen LogP contribution in [-0.4, -0.2) is 15.7 Å². The molecule has 0 atom stereocenters. The zero-order valence-corrected chi connectivity index (χ0v) is 13.6. The van der Waals surface area contributed by atoms with E-state index in [1.165, 1.54) is 10.7 Å². The summed E-state index contributed by atoms with van der Waals surface area (Å²) in [5, 5.41) is 4.36. The lowest BCUT2D eigenvalue weighted by Crippen LogP contribution is -2.32. The maximum atomic E-state index is 12.8. The number of nitrogens with two attached hydrogens (primary N) is 1. The number of aromatic nitrogens is 2. The van der Waals surface area contributed by atoms with Crippen LogP contribution in [0.3, 0.4) is 0 Å². The molecule has 1 aromatic heterocycles. The average molecular weight is 340 g/mol. The van der Waals surface area contributed by atoms with Gasteiger partial charge in [0.2, 0.25) is 0 Å². The van der Waals surface area contributed by atoms with Crippen LogP contribution in [0.4, 0.5) is 13.2 Å². The summed E-state index contributed by atoms with van der Waals surface area (Å²) < 4.78 is 39.8. The van der Waals surface area contributed by atoms with Gasteiger partial charge in [-0.15, -0.1) is 0 Å². The predicted octanol–water partition coefficient (Wildman–Crippen LogP) is 2.85. The Kier molecular flexibility index (Phi) is 4.70. The summed E-state index contributed by atoms with van der Waals surface area (Å²) >= 11 is 0. The number of carbonyl (C=O) groups excluding carboxylic acids is 1. The Morgan fingerprint density at radius 2 is 1.92 bits per heavy atom. The van der Waals surface area contributed by atoms with Crippen molar-refractivity contribution in [2.45, 2.75) is 38.9 Å². The van der Waals surface area contributed by atoms with Crippen molar-refractivity contribution in [1.82, 2.24) is 15.2 Å². The van der Waals surface area contributed by atoms with E-state index in [-0.39, 0.29) is 17.7 Å². The van der Waals surface area contributed by atoms with Crippen molar-refractivity contribution in [3.63, 3.8) is 0 Å². The summed E-state index contributed by atoms with van der Waals surface area (Å²) in [4.78, 5) is 11.9. The average Bonchev–Trinajstić information content (AvgIpc) is 2.90. The highest BCUT2D eigenvalue weighted by atomic mass is 19.4. The Morgan fingerprint density at radius 3 is 2.46 bits per heavy atom. The summed E-state index contributed by atoms with van der Waals surface area (Å²) in [6.07, 6.45) is -4.42. The molecule has 8 heteroatoms. The molecule has 0 radical (unpaired) electrons. The molecule has 0 saturated carbocycles. The van der Waals surface area contributed by atoms with Crippen molar-refractivity contribution in [2.75, 3.05) is 0 Å². The van der Waals surface area contributed by atoms with E-state index in [1.807, 2.05) is 26.2 Å². The summed E-state index contributed by atoms with van der Waals surface area (Å²) in [7, 11) is 0. The van der Waals surface area contributed by atoms with Crippen LogP contribution in [0.15, 0.2) is 30.3 Å². The predicted molar refractivity (Wildman–Crippen MR) is 83.1 cm³/mol. The van der Waals surface area contributed by atoms with Gasteiger partial charge in [0.1, 0.15) is 5.69 Å². The highest BCUT2D eigenvalue weighted by molar-refractivity contribution is 5.92. The van der Waals surface area contributed by atoms with Gasteiger partial charge in [0.25, 0.3) is 5.91 Å². The molecule has 0 bridgehead atoms. The molecule has 1 aromatic carbocycles. The zero-order valence-electron chi connectivity index (χ0n) is 13.6. The quantitative estimate of drug-likeness (QED) is 0.513. The molecule has 0 spiro atoms. The van der Waals surface area contributed by atoms with Crippen LogP contribution < -0.4 is 11.3 Å². The van der Waals surface area contributed by atoms with Gasteiger partial charge in [-0.05, 0) is 23.8 Å². The van der Waals surface area contributed by atoms with Crippen molar-refractivity contribution in [1.29, 1.82) is 0 Å². The number of hydrogen-bond donors (Lipinski definition) is 2. The number of hydrogen-bond acceptors (Lipinski definition) is 3. The highest BCUT2D eigenvalue weighted by Crippen LogP contribution is 2.30. The maximum Gasteiger partial charge on any atom is 0.416 e. The maximum absolute atomic E-state index is 12.8. The molecular weight excluding hydrogens is 321 g/mol. The highest BCUT2D eigenvalue weighted by Gasteiger charge is 2.30. The number of nitrogens with zero attached hydrogens (tertiary/aromatic N) is 2. The van der Waals surface area contributed by atoms with Crippen molar-refractivity contribution >= 4 is 5.91 Å². The van der Waals surface area contributed by atoms with Crippen molar-refractivity contribution in [2.24, 2.45) is 5.84 Å². The molecule has 1 heterocycles. The van der Waals surface area contributed by atoms with E-state index in [9.17, 15) is 18.0 Å². The first-order valence-corrected chi connectivity index (χ1v) is 7.28. The Balaban J connectivity index is 2.42. The molecule has 1 amide bonds. The summed E-state index contributed by atoms with van der Waals surface area (Å²) in [6, 6.07) is 6.52. The van der Waals surface area contributed by atoms with Gasteiger partial charge in [-0.25, -0.2) is 5.84 Å². The second kappa shape index (κ2) is 6.27. The largest absolute Gasteiger partial charge is 0.416 e. The molecule has 130 valence electrons. The number of halogens is 3. The fourth-order valence-electron chi connectivity index (χ4n) is 2.18. The van der Waals surface area contributed by atoms with Gasteiger partial charge < -0.3 is 0 Å². The second-order valence-corrected chi connectivity index (χ2v) is 6.49. The monoisotopic (exact) mass is 340 g/mol. The Labute approximate surface area is 137 Å². The van der Waals surface area contributed by atoms with Gasteiger partial charge in [0, 0.05) is 5.41 Å². The number of nitrogens with one attached hydrogen (secondary N) is 1. The lowest BCUT2D eigenvalue weighted by atomic mass is 9.92. The topological polar surface area (TPSA) is 72.9 Å².